The number of piperidine rings is 1. The van der Waals surface area contributed by atoms with E-state index < -0.39 is 0 Å². The number of rotatable bonds is 5. The first-order chi connectivity index (χ1) is 8.13. The highest BCUT2D eigenvalue weighted by Gasteiger charge is 2.21. The second kappa shape index (κ2) is 7.27. The van der Waals surface area contributed by atoms with Crippen molar-refractivity contribution in [3.05, 3.63) is 0 Å². The summed E-state index contributed by atoms with van der Waals surface area (Å²) in [5, 5.41) is 6.15. The van der Waals surface area contributed by atoms with E-state index in [1.165, 1.54) is 0 Å². The highest BCUT2D eigenvalue weighted by atomic mass is 16.2. The van der Waals surface area contributed by atoms with Crippen LogP contribution in [0.25, 0.3) is 0 Å². The van der Waals surface area contributed by atoms with Gasteiger partial charge in [0, 0.05) is 39.0 Å². The van der Waals surface area contributed by atoms with Gasteiger partial charge in [-0.05, 0) is 19.4 Å². The molecule has 0 unspecified atom stereocenters. The summed E-state index contributed by atoms with van der Waals surface area (Å²) in [5.74, 6) is 0.231. The van der Waals surface area contributed by atoms with Crippen molar-refractivity contribution in [3.63, 3.8) is 0 Å². The van der Waals surface area contributed by atoms with E-state index in [0.717, 1.165) is 39.0 Å². The number of nitrogens with zero attached hydrogens (tertiary/aromatic N) is 1. The third-order valence-corrected chi connectivity index (χ3v) is 3.08. The Morgan fingerprint density at radius 2 is 1.94 bits per heavy atom. The van der Waals surface area contributed by atoms with Crippen LogP contribution in [0.3, 0.4) is 0 Å². The molecule has 0 atom stereocenters. The molecule has 1 fully saturated rings. The van der Waals surface area contributed by atoms with Gasteiger partial charge < -0.3 is 15.5 Å². The van der Waals surface area contributed by atoms with Crippen molar-refractivity contribution in [2.24, 2.45) is 0 Å². The Kier molecular flexibility index (Phi) is 5.97. The molecule has 1 heterocycles. The zero-order chi connectivity index (χ0) is 12.7. The van der Waals surface area contributed by atoms with Crippen molar-refractivity contribution in [3.8, 4) is 0 Å². The fourth-order valence-electron chi connectivity index (χ4n) is 2.02. The minimum Gasteiger partial charge on any atom is -0.353 e. The van der Waals surface area contributed by atoms with E-state index in [-0.39, 0.29) is 17.9 Å². The molecule has 0 saturated carbocycles. The molecule has 5 nitrogen and oxygen atoms in total. The minimum atomic E-state index is 0.104. The Morgan fingerprint density at radius 3 is 2.47 bits per heavy atom. The van der Waals surface area contributed by atoms with Gasteiger partial charge >= 0.3 is 0 Å². The number of hydrogen-bond acceptors (Lipinski definition) is 3. The molecule has 0 aromatic carbocycles. The van der Waals surface area contributed by atoms with Crippen molar-refractivity contribution in [2.75, 3.05) is 26.2 Å². The second-order valence-corrected chi connectivity index (χ2v) is 4.45. The molecule has 0 radical (unpaired) electrons. The van der Waals surface area contributed by atoms with Crippen LogP contribution in [-0.4, -0.2) is 48.9 Å². The zero-order valence-electron chi connectivity index (χ0n) is 10.8. The molecule has 98 valence electrons. The maximum absolute atomic E-state index is 11.6. The van der Waals surface area contributed by atoms with Gasteiger partial charge in [-0.25, -0.2) is 0 Å². The molecule has 2 amide bonds. The number of likely N-dealkylation sites (tertiary alicyclic amines) is 1. The number of nitrogens with one attached hydrogen (secondary N) is 2. The third kappa shape index (κ3) is 5.17. The van der Waals surface area contributed by atoms with Crippen molar-refractivity contribution >= 4 is 11.8 Å². The minimum absolute atomic E-state index is 0.104. The molecule has 0 aromatic rings. The fourth-order valence-corrected chi connectivity index (χ4v) is 2.02. The molecule has 0 bridgehead atoms. The van der Waals surface area contributed by atoms with Gasteiger partial charge in [-0.3, -0.25) is 9.59 Å². The van der Waals surface area contributed by atoms with Crippen molar-refractivity contribution in [2.45, 2.75) is 39.2 Å². The molecular weight excluding hydrogens is 218 g/mol. The quantitative estimate of drug-likeness (QED) is 0.672. The highest BCUT2D eigenvalue weighted by molar-refractivity contribution is 5.76. The Balaban J connectivity index is 2.17. The first-order valence-corrected chi connectivity index (χ1v) is 6.39. The van der Waals surface area contributed by atoms with Crippen LogP contribution in [0.1, 0.15) is 33.1 Å². The molecule has 1 saturated heterocycles. The van der Waals surface area contributed by atoms with Gasteiger partial charge in [0.2, 0.25) is 11.8 Å². The first kappa shape index (κ1) is 14.0. The molecule has 0 aliphatic carbocycles. The van der Waals surface area contributed by atoms with Crippen LogP contribution >= 0.6 is 0 Å². The van der Waals surface area contributed by atoms with Gasteiger partial charge in [0.05, 0.1) is 0 Å². The summed E-state index contributed by atoms with van der Waals surface area (Å²) >= 11 is 0. The van der Waals surface area contributed by atoms with E-state index in [2.05, 4.69) is 10.6 Å². The Hall–Kier alpha value is -1.10. The lowest BCUT2D eigenvalue weighted by molar-refractivity contribution is -0.130. The van der Waals surface area contributed by atoms with E-state index in [0.29, 0.717) is 6.42 Å². The summed E-state index contributed by atoms with van der Waals surface area (Å²) < 4.78 is 0. The summed E-state index contributed by atoms with van der Waals surface area (Å²) in [6.45, 7) is 6.75. The summed E-state index contributed by atoms with van der Waals surface area (Å²) in [6, 6.07) is 0.236. The summed E-state index contributed by atoms with van der Waals surface area (Å²) in [4.78, 5) is 24.5. The highest BCUT2D eigenvalue weighted by Crippen LogP contribution is 2.10. The maximum atomic E-state index is 11.6. The monoisotopic (exact) mass is 241 g/mol. The van der Waals surface area contributed by atoms with Crippen molar-refractivity contribution < 1.29 is 9.59 Å². The van der Waals surface area contributed by atoms with E-state index in [9.17, 15) is 9.59 Å². The Labute approximate surface area is 103 Å². The third-order valence-electron chi connectivity index (χ3n) is 3.08. The normalized spacial score (nSPS) is 16.9. The smallest absolute Gasteiger partial charge is 0.221 e. The molecule has 2 N–H and O–H groups in total. The molecule has 1 aliphatic rings. The predicted molar refractivity (Wildman–Crippen MR) is 66.6 cm³/mol. The number of carbonyl (C=O) groups excluding carboxylic acids is 2. The van der Waals surface area contributed by atoms with E-state index in [1.807, 2.05) is 11.8 Å². The van der Waals surface area contributed by atoms with Gasteiger partial charge in [-0.15, -0.1) is 0 Å². The molecular formula is C12H23N3O2. The topological polar surface area (TPSA) is 61.4 Å². The van der Waals surface area contributed by atoms with Crippen LogP contribution in [0, 0.1) is 0 Å². The lowest BCUT2D eigenvalue weighted by Gasteiger charge is -2.31. The average Bonchev–Trinajstić information content (AvgIpc) is 2.30. The van der Waals surface area contributed by atoms with Crippen LogP contribution in [0.5, 0.6) is 0 Å². The largest absolute Gasteiger partial charge is 0.353 e. The van der Waals surface area contributed by atoms with Crippen LogP contribution in [-0.2, 0) is 9.59 Å². The number of amides is 2. The number of hydrogen-bond donors (Lipinski definition) is 2. The standard InChI is InChI=1S/C12H23N3O2/c1-3-13-7-4-12(17)14-11-5-8-15(9-6-11)10(2)16/h11,13H,3-9H2,1-2H3,(H,14,17). The zero-order valence-corrected chi connectivity index (χ0v) is 10.8. The van der Waals surface area contributed by atoms with Gasteiger partial charge in [0.1, 0.15) is 0 Å². The molecule has 1 rings (SSSR count). The Morgan fingerprint density at radius 1 is 1.29 bits per heavy atom. The van der Waals surface area contributed by atoms with E-state index in [1.54, 1.807) is 6.92 Å². The SMILES string of the molecule is CCNCCC(=O)NC1CCN(C(C)=O)CC1. The average molecular weight is 241 g/mol. The van der Waals surface area contributed by atoms with Gasteiger partial charge in [0.15, 0.2) is 0 Å². The van der Waals surface area contributed by atoms with Crippen LogP contribution in [0.15, 0.2) is 0 Å². The van der Waals surface area contributed by atoms with Crippen LogP contribution in [0.2, 0.25) is 0 Å². The summed E-state index contributed by atoms with van der Waals surface area (Å²) in [6.07, 6.45) is 2.26. The maximum Gasteiger partial charge on any atom is 0.221 e. The first-order valence-electron chi connectivity index (χ1n) is 6.39. The fraction of sp³-hybridized carbons (Fsp3) is 0.833. The summed E-state index contributed by atoms with van der Waals surface area (Å²) in [7, 11) is 0. The predicted octanol–water partition coefficient (Wildman–Crippen LogP) is 0.113. The molecule has 0 aromatic heterocycles. The van der Waals surface area contributed by atoms with Gasteiger partial charge in [-0.1, -0.05) is 6.92 Å². The number of carbonyl (C=O) groups is 2. The Bertz CT molecular complexity index is 260. The van der Waals surface area contributed by atoms with E-state index >= 15 is 0 Å². The second-order valence-electron chi connectivity index (χ2n) is 4.45. The van der Waals surface area contributed by atoms with Crippen LogP contribution < -0.4 is 10.6 Å². The van der Waals surface area contributed by atoms with Crippen molar-refractivity contribution in [1.82, 2.24) is 15.5 Å². The van der Waals surface area contributed by atoms with Gasteiger partial charge in [-0.2, -0.15) is 0 Å². The van der Waals surface area contributed by atoms with Gasteiger partial charge in [0.25, 0.3) is 0 Å². The lowest BCUT2D eigenvalue weighted by Crippen LogP contribution is -2.46. The molecule has 17 heavy (non-hydrogen) atoms. The lowest BCUT2D eigenvalue weighted by atomic mass is 10.0. The molecule has 5 heteroatoms. The molecule has 1 aliphatic heterocycles. The summed E-state index contributed by atoms with van der Waals surface area (Å²) in [5.41, 5.74) is 0. The molecule has 0 spiro atoms. The van der Waals surface area contributed by atoms with E-state index in [4.69, 9.17) is 0 Å². The van der Waals surface area contributed by atoms with Crippen molar-refractivity contribution in [1.29, 1.82) is 0 Å². The van der Waals surface area contributed by atoms with Crippen LogP contribution in [0.4, 0.5) is 0 Å².